The minimum atomic E-state index is -0.0548. The second-order valence-corrected chi connectivity index (χ2v) is 7.20. The van der Waals surface area contributed by atoms with Gasteiger partial charge >= 0.3 is 0 Å². The molecule has 2 aromatic heterocycles. The van der Waals surface area contributed by atoms with Gasteiger partial charge in [0.05, 0.1) is 17.7 Å². The monoisotopic (exact) mass is 368 g/mol. The van der Waals surface area contributed by atoms with Crippen LogP contribution < -0.4 is 15.0 Å². The van der Waals surface area contributed by atoms with Crippen LogP contribution in [-0.2, 0) is 0 Å². The predicted octanol–water partition coefficient (Wildman–Crippen LogP) is 3.16. The molecule has 1 unspecified atom stereocenters. The van der Waals surface area contributed by atoms with Crippen LogP contribution in [0.5, 0.6) is 5.75 Å². The van der Waals surface area contributed by atoms with Crippen molar-refractivity contribution in [1.29, 1.82) is 0 Å². The van der Waals surface area contributed by atoms with Crippen molar-refractivity contribution in [2.24, 2.45) is 0 Å². The Morgan fingerprint density at radius 1 is 1.35 bits per heavy atom. The van der Waals surface area contributed by atoms with Crippen molar-refractivity contribution >= 4 is 23.1 Å². The average molecular weight is 368 g/mol. The third-order valence-corrected chi connectivity index (χ3v) is 5.45. The molecular weight excluding hydrogens is 348 g/mol. The van der Waals surface area contributed by atoms with Crippen molar-refractivity contribution in [1.82, 2.24) is 15.5 Å². The van der Waals surface area contributed by atoms with Crippen molar-refractivity contribution in [2.75, 3.05) is 25.1 Å². The number of H-pyrrole nitrogens is 1. The number of ether oxygens (including phenoxy) is 1. The molecule has 3 heterocycles. The minimum absolute atomic E-state index is 0.0548. The first-order valence-corrected chi connectivity index (χ1v) is 9.40. The number of benzene rings is 1. The molecule has 3 aromatic rings. The van der Waals surface area contributed by atoms with Crippen LogP contribution in [0.1, 0.15) is 16.8 Å². The van der Waals surface area contributed by atoms with Gasteiger partial charge in [0.15, 0.2) is 5.82 Å². The highest BCUT2D eigenvalue weighted by atomic mass is 32.1. The molecule has 0 radical (unpaired) electrons. The molecule has 2 N–H and O–H groups in total. The van der Waals surface area contributed by atoms with Crippen molar-refractivity contribution in [3.63, 3.8) is 0 Å². The van der Waals surface area contributed by atoms with Crippen LogP contribution in [0.25, 0.3) is 10.6 Å². The quantitative estimate of drug-likeness (QED) is 0.726. The zero-order valence-corrected chi connectivity index (χ0v) is 15.3. The second-order valence-electron chi connectivity index (χ2n) is 6.25. The molecule has 1 saturated heterocycles. The summed E-state index contributed by atoms with van der Waals surface area (Å²) in [6, 6.07) is 13.4. The van der Waals surface area contributed by atoms with E-state index >= 15 is 0 Å². The van der Waals surface area contributed by atoms with Crippen LogP contribution >= 0.6 is 11.3 Å². The summed E-state index contributed by atoms with van der Waals surface area (Å²) in [6.07, 6.45) is 0.906. The van der Waals surface area contributed by atoms with Crippen molar-refractivity contribution in [2.45, 2.75) is 12.5 Å². The van der Waals surface area contributed by atoms with E-state index in [1.54, 1.807) is 42.7 Å². The summed E-state index contributed by atoms with van der Waals surface area (Å²) >= 11 is 1.69. The van der Waals surface area contributed by atoms with Gasteiger partial charge in [-0.05, 0) is 42.1 Å². The Balaban J connectivity index is 1.37. The van der Waals surface area contributed by atoms with E-state index in [0.29, 0.717) is 5.56 Å². The standard InChI is InChI=1S/C19H20N4O2S/c1-25-15-6-4-13(5-7-15)19(24)20-14-8-9-23(12-14)18-11-16(21-22-18)17-3-2-10-26-17/h2-7,10-11,14H,8-9,12H2,1H3,(H,20,24)(H,21,22). The molecular formula is C19H20N4O2S. The van der Waals surface area contributed by atoms with Crippen LogP contribution in [0.3, 0.4) is 0 Å². The van der Waals surface area contributed by atoms with E-state index in [1.807, 2.05) is 6.07 Å². The van der Waals surface area contributed by atoms with Gasteiger partial charge in [0.1, 0.15) is 5.75 Å². The topological polar surface area (TPSA) is 70.2 Å². The van der Waals surface area contributed by atoms with Crippen LogP contribution in [0.4, 0.5) is 5.82 Å². The van der Waals surface area contributed by atoms with Crippen molar-refractivity contribution in [3.8, 4) is 16.3 Å². The molecule has 0 spiro atoms. The fraction of sp³-hybridized carbons (Fsp3) is 0.263. The normalized spacial score (nSPS) is 16.7. The number of hydrogen-bond acceptors (Lipinski definition) is 5. The maximum atomic E-state index is 12.4. The molecule has 7 heteroatoms. The van der Waals surface area contributed by atoms with Crippen LogP contribution in [0.15, 0.2) is 47.8 Å². The number of aromatic nitrogens is 2. The van der Waals surface area contributed by atoms with Gasteiger partial charge in [-0.3, -0.25) is 9.89 Å². The molecule has 26 heavy (non-hydrogen) atoms. The van der Waals surface area contributed by atoms with E-state index in [2.05, 4.69) is 37.9 Å². The van der Waals surface area contributed by atoms with Gasteiger partial charge in [-0.25, -0.2) is 0 Å². The van der Waals surface area contributed by atoms with Gasteiger partial charge in [-0.2, -0.15) is 5.10 Å². The lowest BCUT2D eigenvalue weighted by molar-refractivity contribution is 0.0940. The maximum absolute atomic E-state index is 12.4. The van der Waals surface area contributed by atoms with E-state index in [4.69, 9.17) is 4.74 Å². The SMILES string of the molecule is COc1ccc(C(=O)NC2CCN(c3cc(-c4cccs4)[nH]n3)C2)cc1. The number of methoxy groups -OCH3 is 1. The molecule has 134 valence electrons. The maximum Gasteiger partial charge on any atom is 0.251 e. The molecule has 1 aromatic carbocycles. The zero-order chi connectivity index (χ0) is 17.9. The summed E-state index contributed by atoms with van der Waals surface area (Å²) in [4.78, 5) is 15.8. The summed E-state index contributed by atoms with van der Waals surface area (Å²) in [6.45, 7) is 1.64. The van der Waals surface area contributed by atoms with Gasteiger partial charge in [0, 0.05) is 30.8 Å². The molecule has 0 aliphatic carbocycles. The number of nitrogens with zero attached hydrogens (tertiary/aromatic N) is 2. The largest absolute Gasteiger partial charge is 0.497 e. The Morgan fingerprint density at radius 2 is 2.19 bits per heavy atom. The van der Waals surface area contributed by atoms with Gasteiger partial charge in [0.25, 0.3) is 5.91 Å². The number of nitrogens with one attached hydrogen (secondary N) is 2. The first-order chi connectivity index (χ1) is 12.7. The van der Waals surface area contributed by atoms with Crippen molar-refractivity contribution < 1.29 is 9.53 Å². The molecule has 0 bridgehead atoms. The molecule has 1 amide bonds. The highest BCUT2D eigenvalue weighted by Gasteiger charge is 2.26. The van der Waals surface area contributed by atoms with Crippen LogP contribution in [-0.4, -0.2) is 42.3 Å². The average Bonchev–Trinajstić information content (AvgIpc) is 3.41. The number of rotatable bonds is 5. The first kappa shape index (κ1) is 16.7. The van der Waals surface area contributed by atoms with E-state index in [-0.39, 0.29) is 11.9 Å². The van der Waals surface area contributed by atoms with E-state index in [0.717, 1.165) is 36.8 Å². The molecule has 4 rings (SSSR count). The number of thiophene rings is 1. The Bertz CT molecular complexity index is 873. The van der Waals surface area contributed by atoms with Gasteiger partial charge in [-0.15, -0.1) is 11.3 Å². The lowest BCUT2D eigenvalue weighted by Gasteiger charge is -2.16. The van der Waals surface area contributed by atoms with Crippen LogP contribution in [0.2, 0.25) is 0 Å². The number of hydrogen-bond donors (Lipinski definition) is 2. The molecule has 1 atom stereocenters. The number of aromatic amines is 1. The lowest BCUT2D eigenvalue weighted by Crippen LogP contribution is -2.37. The van der Waals surface area contributed by atoms with Gasteiger partial charge in [0.2, 0.25) is 0 Å². The highest BCUT2D eigenvalue weighted by molar-refractivity contribution is 7.13. The predicted molar refractivity (Wildman–Crippen MR) is 103 cm³/mol. The molecule has 1 aliphatic rings. The Labute approximate surface area is 155 Å². The molecule has 0 saturated carbocycles. The summed E-state index contributed by atoms with van der Waals surface area (Å²) in [5, 5.41) is 12.7. The number of amides is 1. The lowest BCUT2D eigenvalue weighted by atomic mass is 10.2. The van der Waals surface area contributed by atoms with E-state index < -0.39 is 0 Å². The Hall–Kier alpha value is -2.80. The van der Waals surface area contributed by atoms with Gasteiger partial charge < -0.3 is 15.0 Å². The van der Waals surface area contributed by atoms with Gasteiger partial charge in [-0.1, -0.05) is 6.07 Å². The van der Waals surface area contributed by atoms with E-state index in [9.17, 15) is 4.79 Å². The first-order valence-electron chi connectivity index (χ1n) is 8.52. The summed E-state index contributed by atoms with van der Waals surface area (Å²) < 4.78 is 5.13. The summed E-state index contributed by atoms with van der Waals surface area (Å²) in [7, 11) is 1.61. The number of anilines is 1. The highest BCUT2D eigenvalue weighted by Crippen LogP contribution is 2.27. The smallest absolute Gasteiger partial charge is 0.251 e. The third-order valence-electron chi connectivity index (χ3n) is 4.55. The fourth-order valence-electron chi connectivity index (χ4n) is 3.13. The minimum Gasteiger partial charge on any atom is -0.497 e. The van der Waals surface area contributed by atoms with Crippen molar-refractivity contribution in [3.05, 3.63) is 53.4 Å². The fourth-order valence-corrected chi connectivity index (χ4v) is 3.82. The van der Waals surface area contributed by atoms with E-state index in [1.165, 1.54) is 4.88 Å². The Morgan fingerprint density at radius 3 is 2.92 bits per heavy atom. The number of carbonyl (C=O) groups excluding carboxylic acids is 1. The summed E-state index contributed by atoms with van der Waals surface area (Å²) in [5.74, 6) is 1.61. The molecule has 6 nitrogen and oxygen atoms in total. The van der Waals surface area contributed by atoms with Crippen LogP contribution in [0, 0.1) is 0 Å². The molecule has 1 fully saturated rings. The molecule has 1 aliphatic heterocycles. The zero-order valence-electron chi connectivity index (χ0n) is 14.4. The second kappa shape index (κ2) is 7.21. The Kier molecular flexibility index (Phi) is 4.62. The number of carbonyl (C=O) groups is 1. The third kappa shape index (κ3) is 3.43. The summed E-state index contributed by atoms with van der Waals surface area (Å²) in [5.41, 5.74) is 1.67.